The molecule has 0 atom stereocenters. The molecule has 0 saturated carbocycles. The van der Waals surface area contributed by atoms with Gasteiger partial charge in [-0.1, -0.05) is 29.8 Å². The maximum Gasteiger partial charge on any atom is 0.227 e. The first kappa shape index (κ1) is 16.7. The highest BCUT2D eigenvalue weighted by Crippen LogP contribution is 2.17. The molecule has 0 spiro atoms. The van der Waals surface area contributed by atoms with E-state index in [0.717, 1.165) is 32.7 Å². The minimum absolute atomic E-state index is 0.261. The van der Waals surface area contributed by atoms with E-state index in [0.29, 0.717) is 18.1 Å². The summed E-state index contributed by atoms with van der Waals surface area (Å²) in [5.41, 5.74) is 2.26. The van der Waals surface area contributed by atoms with Crippen LogP contribution in [0.4, 0.5) is 0 Å². The second kappa shape index (κ2) is 7.20. The highest BCUT2D eigenvalue weighted by atomic mass is 16.4. The molecule has 5 heteroatoms. The molecular weight excluding hydrogens is 304 g/mol. The van der Waals surface area contributed by atoms with Crippen LogP contribution in [-0.2, 0) is 13.1 Å². The van der Waals surface area contributed by atoms with Crippen LogP contribution in [0.25, 0.3) is 0 Å². The largest absolute Gasteiger partial charge is 0.502 e. The van der Waals surface area contributed by atoms with Crippen molar-refractivity contribution in [1.29, 1.82) is 0 Å². The Morgan fingerprint density at radius 2 is 1.71 bits per heavy atom. The van der Waals surface area contributed by atoms with Gasteiger partial charge in [0.25, 0.3) is 0 Å². The molecule has 1 aliphatic heterocycles. The molecule has 1 aromatic carbocycles. The van der Waals surface area contributed by atoms with Gasteiger partial charge in [0.15, 0.2) is 5.76 Å². The zero-order valence-electron chi connectivity index (χ0n) is 14.3. The monoisotopic (exact) mass is 328 g/mol. The summed E-state index contributed by atoms with van der Waals surface area (Å²) in [6.45, 7) is 8.98. The minimum atomic E-state index is -0.369. The Hall–Kier alpha value is -2.11. The van der Waals surface area contributed by atoms with Crippen molar-refractivity contribution in [2.75, 3.05) is 26.2 Å². The third-order valence-electron chi connectivity index (χ3n) is 4.44. The van der Waals surface area contributed by atoms with Crippen molar-refractivity contribution in [1.82, 2.24) is 9.80 Å². The van der Waals surface area contributed by atoms with E-state index in [1.165, 1.54) is 17.2 Å². The van der Waals surface area contributed by atoms with E-state index in [1.807, 2.05) is 0 Å². The van der Waals surface area contributed by atoms with E-state index in [-0.39, 0.29) is 11.2 Å². The van der Waals surface area contributed by atoms with E-state index in [1.54, 1.807) is 6.92 Å². The third kappa shape index (κ3) is 4.04. The van der Waals surface area contributed by atoms with Crippen LogP contribution in [0, 0.1) is 13.8 Å². The lowest BCUT2D eigenvalue weighted by Gasteiger charge is -2.34. The van der Waals surface area contributed by atoms with Crippen molar-refractivity contribution < 1.29 is 9.52 Å². The molecule has 5 nitrogen and oxygen atoms in total. The molecule has 0 unspecified atom stereocenters. The van der Waals surface area contributed by atoms with E-state index in [2.05, 4.69) is 41.0 Å². The molecule has 0 amide bonds. The summed E-state index contributed by atoms with van der Waals surface area (Å²) in [6.07, 6.45) is 0. The van der Waals surface area contributed by atoms with Gasteiger partial charge in [0.2, 0.25) is 11.2 Å². The second-order valence-corrected chi connectivity index (χ2v) is 6.53. The van der Waals surface area contributed by atoms with E-state index < -0.39 is 0 Å². The summed E-state index contributed by atoms with van der Waals surface area (Å²) in [5, 5.41) is 9.88. The van der Waals surface area contributed by atoms with Crippen LogP contribution in [0.3, 0.4) is 0 Å². The SMILES string of the molecule is Cc1cccc(CN2CCN(Cc3oc(C)cc(=O)c3O)CC2)c1. The van der Waals surface area contributed by atoms with Gasteiger partial charge in [0.1, 0.15) is 5.76 Å². The normalized spacial score (nSPS) is 16.4. The molecule has 128 valence electrons. The van der Waals surface area contributed by atoms with Gasteiger partial charge in [-0.25, -0.2) is 0 Å². The minimum Gasteiger partial charge on any atom is -0.502 e. The molecule has 1 N–H and O–H groups in total. The number of hydrogen-bond acceptors (Lipinski definition) is 5. The van der Waals surface area contributed by atoms with Gasteiger partial charge < -0.3 is 9.52 Å². The average Bonchev–Trinajstić information content (AvgIpc) is 2.54. The number of piperazine rings is 1. The Morgan fingerprint density at radius 1 is 1.04 bits per heavy atom. The van der Waals surface area contributed by atoms with Gasteiger partial charge in [0.05, 0.1) is 6.54 Å². The Kier molecular flexibility index (Phi) is 5.02. The van der Waals surface area contributed by atoms with E-state index >= 15 is 0 Å². The molecule has 0 aliphatic carbocycles. The second-order valence-electron chi connectivity index (χ2n) is 6.53. The van der Waals surface area contributed by atoms with Crippen LogP contribution < -0.4 is 5.43 Å². The van der Waals surface area contributed by atoms with Gasteiger partial charge in [-0.2, -0.15) is 0 Å². The maximum absolute atomic E-state index is 11.6. The van der Waals surface area contributed by atoms with Crippen LogP contribution in [0.2, 0.25) is 0 Å². The number of benzene rings is 1. The van der Waals surface area contributed by atoms with Crippen molar-refractivity contribution in [3.8, 4) is 5.75 Å². The summed E-state index contributed by atoms with van der Waals surface area (Å²) < 4.78 is 5.52. The fourth-order valence-corrected chi connectivity index (χ4v) is 3.15. The Morgan fingerprint density at radius 3 is 2.38 bits per heavy atom. The van der Waals surface area contributed by atoms with Crippen LogP contribution in [0.1, 0.15) is 22.6 Å². The molecule has 3 rings (SSSR count). The summed E-state index contributed by atoms with van der Waals surface area (Å²) in [4.78, 5) is 16.3. The predicted molar refractivity (Wildman–Crippen MR) is 93.1 cm³/mol. The first-order valence-electron chi connectivity index (χ1n) is 8.34. The summed E-state index contributed by atoms with van der Waals surface area (Å²) >= 11 is 0. The van der Waals surface area contributed by atoms with Crippen LogP contribution in [0.15, 0.2) is 39.5 Å². The molecule has 0 radical (unpaired) electrons. The highest BCUT2D eigenvalue weighted by molar-refractivity contribution is 5.25. The fourth-order valence-electron chi connectivity index (χ4n) is 3.15. The van der Waals surface area contributed by atoms with Gasteiger partial charge in [0, 0.05) is 38.8 Å². The topological polar surface area (TPSA) is 56.9 Å². The molecule has 1 aliphatic rings. The standard InChI is InChI=1S/C19H24N2O3/c1-14-4-3-5-16(10-14)12-20-6-8-21(9-7-20)13-18-19(23)17(22)11-15(2)24-18/h3-5,10-11,23H,6-9,12-13H2,1-2H3. The fraction of sp³-hybridized carbons (Fsp3) is 0.421. The van der Waals surface area contributed by atoms with Crippen LogP contribution in [-0.4, -0.2) is 41.1 Å². The van der Waals surface area contributed by atoms with Crippen molar-refractivity contribution >= 4 is 0 Å². The van der Waals surface area contributed by atoms with Crippen LogP contribution in [0.5, 0.6) is 5.75 Å². The molecule has 2 aromatic rings. The summed E-state index contributed by atoms with van der Waals surface area (Å²) in [6, 6.07) is 9.93. The lowest BCUT2D eigenvalue weighted by atomic mass is 10.1. The zero-order valence-corrected chi connectivity index (χ0v) is 14.3. The van der Waals surface area contributed by atoms with Crippen molar-refractivity contribution in [2.45, 2.75) is 26.9 Å². The number of aromatic hydroxyl groups is 1. The summed E-state index contributed by atoms with van der Waals surface area (Å²) in [7, 11) is 0. The molecule has 0 bridgehead atoms. The average molecular weight is 328 g/mol. The van der Waals surface area contributed by atoms with Gasteiger partial charge in [-0.3, -0.25) is 14.6 Å². The molecule has 2 heterocycles. The Balaban J connectivity index is 1.57. The lowest BCUT2D eigenvalue weighted by molar-refractivity contribution is 0.113. The summed E-state index contributed by atoms with van der Waals surface area (Å²) in [5.74, 6) is 0.640. The quantitative estimate of drug-likeness (QED) is 0.933. The molecule has 1 saturated heterocycles. The zero-order chi connectivity index (χ0) is 17.1. The predicted octanol–water partition coefficient (Wildman–Crippen LogP) is 2.28. The Bertz CT molecular complexity index is 761. The van der Waals surface area contributed by atoms with Crippen molar-refractivity contribution in [3.63, 3.8) is 0 Å². The maximum atomic E-state index is 11.6. The highest BCUT2D eigenvalue weighted by Gasteiger charge is 2.20. The molecular formula is C19H24N2O3. The number of rotatable bonds is 4. The number of aryl methyl sites for hydroxylation is 2. The van der Waals surface area contributed by atoms with E-state index in [4.69, 9.17) is 4.42 Å². The lowest BCUT2D eigenvalue weighted by Crippen LogP contribution is -2.45. The van der Waals surface area contributed by atoms with Gasteiger partial charge in [-0.15, -0.1) is 0 Å². The molecule has 1 aromatic heterocycles. The first-order valence-corrected chi connectivity index (χ1v) is 8.34. The number of hydrogen-bond donors (Lipinski definition) is 1. The molecule has 1 fully saturated rings. The van der Waals surface area contributed by atoms with E-state index in [9.17, 15) is 9.90 Å². The number of nitrogens with zero attached hydrogens (tertiary/aromatic N) is 2. The molecule has 24 heavy (non-hydrogen) atoms. The van der Waals surface area contributed by atoms with Crippen molar-refractivity contribution in [2.24, 2.45) is 0 Å². The van der Waals surface area contributed by atoms with Crippen LogP contribution >= 0.6 is 0 Å². The van der Waals surface area contributed by atoms with Crippen molar-refractivity contribution in [3.05, 3.63) is 63.2 Å². The smallest absolute Gasteiger partial charge is 0.227 e. The van der Waals surface area contributed by atoms with Gasteiger partial charge in [-0.05, 0) is 19.4 Å². The third-order valence-corrected chi connectivity index (χ3v) is 4.44. The Labute approximate surface area is 142 Å². The first-order chi connectivity index (χ1) is 11.5. The van der Waals surface area contributed by atoms with Gasteiger partial charge >= 0.3 is 0 Å².